The number of anilines is 1. The van der Waals surface area contributed by atoms with E-state index in [1.165, 1.54) is 0 Å². The number of nitrogens with one attached hydrogen (secondary N) is 3. The number of H-pyrrole nitrogens is 2. The zero-order chi connectivity index (χ0) is 15.9. The average Bonchev–Trinajstić information content (AvgIpc) is 2.46. The number of carbonyl (C=O) groups excluding carboxylic acids is 1. The van der Waals surface area contributed by atoms with Crippen LogP contribution in [-0.2, 0) is 4.79 Å². The molecule has 0 radical (unpaired) electrons. The number of hydrogen-bond donors (Lipinski definition) is 3. The second-order valence-corrected chi connectivity index (χ2v) is 5.18. The molecule has 3 rings (SSSR count). The van der Waals surface area contributed by atoms with Crippen LogP contribution in [0.5, 0.6) is 0 Å². The van der Waals surface area contributed by atoms with Crippen LogP contribution < -0.4 is 16.6 Å². The predicted octanol–water partition coefficient (Wildman–Crippen LogP) is 0.595. The quantitative estimate of drug-likeness (QED) is 0.713. The van der Waals surface area contributed by atoms with E-state index in [0.29, 0.717) is 5.56 Å². The summed E-state index contributed by atoms with van der Waals surface area (Å²) >= 11 is 0. The second kappa shape index (κ2) is 5.00. The molecule has 0 fully saturated rings. The summed E-state index contributed by atoms with van der Waals surface area (Å²) in [7, 11) is 0. The Bertz CT molecular complexity index is 902. The highest BCUT2D eigenvalue weighted by molar-refractivity contribution is 5.97. The van der Waals surface area contributed by atoms with Crippen molar-refractivity contribution in [2.24, 2.45) is 5.92 Å². The lowest BCUT2D eigenvalue weighted by Crippen LogP contribution is -2.40. The van der Waals surface area contributed by atoms with Crippen molar-refractivity contribution in [3.05, 3.63) is 61.8 Å². The van der Waals surface area contributed by atoms with Crippen LogP contribution in [0, 0.1) is 24.2 Å². The molecule has 1 aromatic carbocycles. The van der Waals surface area contributed by atoms with E-state index in [-0.39, 0.29) is 11.4 Å². The third-order valence-electron chi connectivity index (χ3n) is 3.73. The highest BCUT2D eigenvalue weighted by Gasteiger charge is 2.39. The van der Waals surface area contributed by atoms with Crippen LogP contribution in [0.15, 0.2) is 33.9 Å². The molecular formula is C15H12N4O3. The van der Waals surface area contributed by atoms with Crippen LogP contribution in [-0.4, -0.2) is 15.9 Å². The Morgan fingerprint density at radius 2 is 1.77 bits per heavy atom. The van der Waals surface area contributed by atoms with Gasteiger partial charge >= 0.3 is 5.69 Å². The Hall–Kier alpha value is -3.14. The molecule has 1 aromatic heterocycles. The summed E-state index contributed by atoms with van der Waals surface area (Å²) < 4.78 is 0. The first kappa shape index (κ1) is 13.8. The average molecular weight is 296 g/mol. The zero-order valence-electron chi connectivity index (χ0n) is 11.6. The molecule has 2 aromatic rings. The minimum absolute atomic E-state index is 0.0517. The number of aromatic amines is 2. The molecule has 0 spiro atoms. The number of aromatic nitrogens is 2. The van der Waals surface area contributed by atoms with Crippen LogP contribution in [0.25, 0.3) is 0 Å². The highest BCUT2D eigenvalue weighted by atomic mass is 16.2. The molecule has 7 heteroatoms. The molecule has 2 unspecified atom stereocenters. The van der Waals surface area contributed by atoms with Gasteiger partial charge in [0.1, 0.15) is 11.7 Å². The van der Waals surface area contributed by atoms with Crippen molar-refractivity contribution in [1.82, 2.24) is 9.97 Å². The Morgan fingerprint density at radius 3 is 2.41 bits per heavy atom. The summed E-state index contributed by atoms with van der Waals surface area (Å²) in [5, 5.41) is 11.7. The number of hydrogen-bond acceptors (Lipinski definition) is 4. The predicted molar refractivity (Wildman–Crippen MR) is 78.4 cm³/mol. The summed E-state index contributed by atoms with van der Waals surface area (Å²) in [5.41, 5.74) is 0.570. The minimum atomic E-state index is -1.04. The number of benzene rings is 1. The van der Waals surface area contributed by atoms with Gasteiger partial charge in [-0.3, -0.25) is 19.6 Å². The Morgan fingerprint density at radius 1 is 1.09 bits per heavy atom. The lowest BCUT2D eigenvalue weighted by Gasteiger charge is -2.28. The molecule has 0 saturated heterocycles. The van der Waals surface area contributed by atoms with Gasteiger partial charge in [0.2, 0.25) is 5.91 Å². The molecule has 1 aliphatic rings. The van der Waals surface area contributed by atoms with Gasteiger partial charge in [-0.15, -0.1) is 0 Å². The SMILES string of the molecule is Cc1ccc(C2c3c([nH]c(=O)[nH]c3=O)NC(=O)C2C#N)cc1. The van der Waals surface area contributed by atoms with Crippen molar-refractivity contribution in [3.63, 3.8) is 0 Å². The van der Waals surface area contributed by atoms with Gasteiger partial charge in [0.15, 0.2) is 0 Å². The molecular weight excluding hydrogens is 284 g/mol. The van der Waals surface area contributed by atoms with Crippen molar-refractivity contribution in [2.75, 3.05) is 5.32 Å². The maximum Gasteiger partial charge on any atom is 0.327 e. The molecule has 110 valence electrons. The Kier molecular flexibility index (Phi) is 3.14. The van der Waals surface area contributed by atoms with Crippen molar-refractivity contribution in [3.8, 4) is 6.07 Å². The van der Waals surface area contributed by atoms with Gasteiger partial charge in [-0.25, -0.2) is 4.79 Å². The van der Waals surface area contributed by atoms with Crippen LogP contribution in [0.3, 0.4) is 0 Å². The summed E-state index contributed by atoms with van der Waals surface area (Å²) in [6, 6.07) is 9.18. The second-order valence-electron chi connectivity index (χ2n) is 5.18. The van der Waals surface area contributed by atoms with Gasteiger partial charge in [-0.05, 0) is 12.5 Å². The number of carbonyl (C=O) groups is 1. The van der Waals surface area contributed by atoms with Gasteiger partial charge in [0.25, 0.3) is 5.56 Å². The summed E-state index contributed by atoms with van der Waals surface area (Å²) in [6.07, 6.45) is 0. The Labute approximate surface area is 124 Å². The van der Waals surface area contributed by atoms with Gasteiger partial charge in [-0.1, -0.05) is 29.8 Å². The number of nitriles is 1. The maximum absolute atomic E-state index is 12.2. The van der Waals surface area contributed by atoms with E-state index in [1.807, 2.05) is 25.1 Å². The maximum atomic E-state index is 12.2. The first-order valence-corrected chi connectivity index (χ1v) is 6.65. The van der Waals surface area contributed by atoms with E-state index in [2.05, 4.69) is 15.3 Å². The lowest BCUT2D eigenvalue weighted by atomic mass is 9.79. The van der Waals surface area contributed by atoms with E-state index in [4.69, 9.17) is 0 Å². The molecule has 1 aliphatic heterocycles. The van der Waals surface area contributed by atoms with Gasteiger partial charge in [0.05, 0.1) is 11.6 Å². The summed E-state index contributed by atoms with van der Waals surface area (Å²) in [4.78, 5) is 40.2. The molecule has 7 nitrogen and oxygen atoms in total. The molecule has 0 saturated carbocycles. The number of rotatable bonds is 1. The van der Waals surface area contributed by atoms with Crippen LogP contribution in [0.4, 0.5) is 5.82 Å². The number of fused-ring (bicyclic) bond motifs is 1. The van der Waals surface area contributed by atoms with Crippen molar-refractivity contribution in [2.45, 2.75) is 12.8 Å². The lowest BCUT2D eigenvalue weighted by molar-refractivity contribution is -0.119. The van der Waals surface area contributed by atoms with Crippen LogP contribution in [0.1, 0.15) is 22.6 Å². The fourth-order valence-corrected chi connectivity index (χ4v) is 2.68. The first-order valence-electron chi connectivity index (χ1n) is 6.65. The van der Waals surface area contributed by atoms with Gasteiger partial charge in [-0.2, -0.15) is 5.26 Å². The molecule has 1 amide bonds. The fraction of sp³-hybridized carbons (Fsp3) is 0.200. The summed E-state index contributed by atoms with van der Waals surface area (Å²) in [5.74, 6) is -2.25. The van der Waals surface area contributed by atoms with Crippen molar-refractivity contribution < 1.29 is 4.79 Å². The van der Waals surface area contributed by atoms with Crippen molar-refractivity contribution >= 4 is 11.7 Å². The summed E-state index contributed by atoms with van der Waals surface area (Å²) in [6.45, 7) is 1.91. The largest absolute Gasteiger partial charge is 0.327 e. The third-order valence-corrected chi connectivity index (χ3v) is 3.73. The van der Waals surface area contributed by atoms with E-state index >= 15 is 0 Å². The van der Waals surface area contributed by atoms with E-state index in [9.17, 15) is 19.6 Å². The number of nitrogens with zero attached hydrogens (tertiary/aromatic N) is 1. The van der Waals surface area contributed by atoms with E-state index in [1.54, 1.807) is 12.1 Å². The smallest absolute Gasteiger partial charge is 0.311 e. The molecule has 0 bridgehead atoms. The van der Waals surface area contributed by atoms with E-state index < -0.39 is 29.0 Å². The molecule has 3 N–H and O–H groups in total. The van der Waals surface area contributed by atoms with E-state index in [0.717, 1.165) is 5.56 Å². The van der Waals surface area contributed by atoms with Crippen LogP contribution in [0.2, 0.25) is 0 Å². The fourth-order valence-electron chi connectivity index (χ4n) is 2.68. The zero-order valence-corrected chi connectivity index (χ0v) is 11.6. The standard InChI is InChI=1S/C15H12N4O3/c1-7-2-4-8(5-3-7)10-9(6-16)13(20)17-12-11(10)14(21)19-15(22)18-12/h2-5,9-10H,1H3,(H3,17,18,19,20,21,22). The normalized spacial score (nSPS) is 19.9. The third kappa shape index (κ3) is 2.11. The van der Waals surface area contributed by atoms with Crippen LogP contribution >= 0.6 is 0 Å². The van der Waals surface area contributed by atoms with Crippen molar-refractivity contribution in [1.29, 1.82) is 5.26 Å². The minimum Gasteiger partial charge on any atom is -0.311 e. The van der Waals surface area contributed by atoms with Gasteiger partial charge in [0, 0.05) is 5.92 Å². The Balaban J connectivity index is 2.29. The number of aryl methyl sites for hydroxylation is 1. The molecule has 2 heterocycles. The monoisotopic (exact) mass is 296 g/mol. The molecule has 2 atom stereocenters. The molecule has 22 heavy (non-hydrogen) atoms. The first-order chi connectivity index (χ1) is 10.5. The topological polar surface area (TPSA) is 119 Å². The highest BCUT2D eigenvalue weighted by Crippen LogP contribution is 2.37. The number of amides is 1. The van der Waals surface area contributed by atoms with Gasteiger partial charge < -0.3 is 5.32 Å². The molecule has 0 aliphatic carbocycles.